The topological polar surface area (TPSA) is 12.4 Å². The van der Waals surface area contributed by atoms with E-state index in [-0.39, 0.29) is 0 Å². The highest BCUT2D eigenvalue weighted by Crippen LogP contribution is 2.35. The van der Waals surface area contributed by atoms with Gasteiger partial charge in [-0.3, -0.25) is 4.99 Å². The largest absolute Gasteiger partial charge is 0.272 e. The van der Waals surface area contributed by atoms with E-state index < -0.39 is 0 Å². The maximum atomic E-state index is 4.87. The summed E-state index contributed by atoms with van der Waals surface area (Å²) in [6.45, 7) is 0. The lowest BCUT2D eigenvalue weighted by Crippen LogP contribution is -2.11. The van der Waals surface area contributed by atoms with E-state index in [1.54, 1.807) is 0 Å². The average molecular weight is 332 g/mol. The number of aliphatic imine (C=N–C) groups is 1. The van der Waals surface area contributed by atoms with Gasteiger partial charge in [-0.05, 0) is 5.56 Å². The number of hydrogen-bond acceptors (Lipinski definition) is 2. The normalized spacial score (nSPS) is 20.1. The lowest BCUT2D eigenvalue weighted by molar-refractivity contribution is 0.756. The van der Waals surface area contributed by atoms with Gasteiger partial charge in [-0.15, -0.1) is 11.8 Å². The minimum Gasteiger partial charge on any atom is -0.272 e. The molecule has 0 spiro atoms. The molecule has 3 rings (SSSR count). The third kappa shape index (κ3) is 2.93. The molecule has 0 saturated heterocycles. The van der Waals surface area contributed by atoms with Crippen molar-refractivity contribution < 1.29 is 0 Å². The summed E-state index contributed by atoms with van der Waals surface area (Å²) in [4.78, 5) is 5.16. The van der Waals surface area contributed by atoms with Gasteiger partial charge in [0, 0.05) is 11.3 Å². The Labute approximate surface area is 126 Å². The van der Waals surface area contributed by atoms with Gasteiger partial charge >= 0.3 is 0 Å². The minimum absolute atomic E-state index is 0.294. The number of hydrogen-bond donors (Lipinski definition) is 0. The first-order valence-corrected chi connectivity index (χ1v) is 8.20. The van der Waals surface area contributed by atoms with Crippen LogP contribution in [-0.4, -0.2) is 16.8 Å². The molecule has 0 fully saturated rings. The van der Waals surface area contributed by atoms with Crippen molar-refractivity contribution in [2.75, 3.05) is 5.75 Å². The van der Waals surface area contributed by atoms with Gasteiger partial charge in [0.25, 0.3) is 0 Å². The lowest BCUT2D eigenvalue weighted by Gasteiger charge is -2.14. The minimum atomic E-state index is 0.294. The molecule has 0 bridgehead atoms. The van der Waals surface area contributed by atoms with Crippen LogP contribution in [0.4, 0.5) is 0 Å². The summed E-state index contributed by atoms with van der Waals surface area (Å²) in [6.07, 6.45) is 0. The van der Waals surface area contributed by atoms with E-state index in [0.717, 1.165) is 10.8 Å². The van der Waals surface area contributed by atoms with E-state index in [4.69, 9.17) is 4.99 Å². The molecule has 19 heavy (non-hydrogen) atoms. The highest BCUT2D eigenvalue weighted by Gasteiger charge is 2.26. The average Bonchev–Trinajstić information content (AvgIpc) is 2.98. The van der Waals surface area contributed by atoms with Crippen molar-refractivity contribution in [3.8, 4) is 0 Å². The molecule has 3 heteroatoms. The molecule has 0 aliphatic carbocycles. The number of halogens is 1. The van der Waals surface area contributed by atoms with Crippen molar-refractivity contribution in [2.45, 2.75) is 10.9 Å². The summed E-state index contributed by atoms with van der Waals surface area (Å²) in [5, 5.41) is 1.16. The van der Waals surface area contributed by atoms with E-state index >= 15 is 0 Å². The molecule has 0 amide bonds. The highest BCUT2D eigenvalue weighted by atomic mass is 79.9. The maximum absolute atomic E-state index is 4.87. The Morgan fingerprint density at radius 3 is 2.32 bits per heavy atom. The van der Waals surface area contributed by atoms with Crippen molar-refractivity contribution in [1.29, 1.82) is 0 Å². The predicted octanol–water partition coefficient (Wildman–Crippen LogP) is 4.68. The molecular weight excluding hydrogens is 318 g/mol. The maximum Gasteiger partial charge on any atom is 0.0982 e. The second-order valence-corrected chi connectivity index (χ2v) is 6.49. The zero-order valence-electron chi connectivity index (χ0n) is 10.4. The van der Waals surface area contributed by atoms with Crippen LogP contribution in [0.15, 0.2) is 65.7 Å². The molecule has 0 radical (unpaired) electrons. The molecule has 1 heterocycles. The number of benzene rings is 2. The SMILES string of the molecule is Br[C@H](c1ccccc1)[C@H]1CSC(c2ccccc2)=N1. The first kappa shape index (κ1) is 12.9. The van der Waals surface area contributed by atoms with Crippen molar-refractivity contribution in [1.82, 2.24) is 0 Å². The summed E-state index contributed by atoms with van der Waals surface area (Å²) in [5.41, 5.74) is 2.52. The van der Waals surface area contributed by atoms with E-state index in [1.165, 1.54) is 11.1 Å². The van der Waals surface area contributed by atoms with Gasteiger partial charge < -0.3 is 0 Å². The molecule has 1 aliphatic heterocycles. The van der Waals surface area contributed by atoms with Gasteiger partial charge in [0.1, 0.15) is 0 Å². The molecule has 1 aliphatic rings. The van der Waals surface area contributed by atoms with Crippen LogP contribution in [0.25, 0.3) is 0 Å². The Kier molecular flexibility index (Phi) is 4.04. The van der Waals surface area contributed by atoms with Gasteiger partial charge in [-0.25, -0.2) is 0 Å². The van der Waals surface area contributed by atoms with Crippen LogP contribution in [0, 0.1) is 0 Å². The predicted molar refractivity (Wildman–Crippen MR) is 87.3 cm³/mol. The van der Waals surface area contributed by atoms with Crippen molar-refractivity contribution in [2.24, 2.45) is 4.99 Å². The summed E-state index contributed by atoms with van der Waals surface area (Å²) >= 11 is 5.64. The van der Waals surface area contributed by atoms with Crippen LogP contribution < -0.4 is 0 Å². The third-order valence-corrected chi connectivity index (χ3v) is 5.41. The fourth-order valence-corrected chi connectivity index (χ4v) is 4.10. The first-order chi connectivity index (χ1) is 9.34. The van der Waals surface area contributed by atoms with Crippen LogP contribution in [0.2, 0.25) is 0 Å². The van der Waals surface area contributed by atoms with Crippen molar-refractivity contribution >= 4 is 32.7 Å². The Balaban J connectivity index is 1.80. The van der Waals surface area contributed by atoms with Crippen LogP contribution in [0.3, 0.4) is 0 Å². The van der Waals surface area contributed by atoms with Crippen LogP contribution in [0.5, 0.6) is 0 Å². The lowest BCUT2D eigenvalue weighted by atomic mass is 10.1. The number of rotatable bonds is 3. The fraction of sp³-hybridized carbons (Fsp3) is 0.188. The zero-order valence-corrected chi connectivity index (χ0v) is 12.8. The molecule has 0 unspecified atom stereocenters. The Morgan fingerprint density at radius 1 is 1.00 bits per heavy atom. The second kappa shape index (κ2) is 5.93. The van der Waals surface area contributed by atoms with Gasteiger partial charge in [-0.2, -0.15) is 0 Å². The summed E-state index contributed by atoms with van der Waals surface area (Å²) < 4.78 is 0. The number of thioether (sulfide) groups is 1. The van der Waals surface area contributed by atoms with Gasteiger partial charge in [0.2, 0.25) is 0 Å². The summed E-state index contributed by atoms with van der Waals surface area (Å²) in [6, 6.07) is 21.2. The van der Waals surface area contributed by atoms with Gasteiger partial charge in [0.05, 0.1) is 15.9 Å². The van der Waals surface area contributed by atoms with E-state index in [1.807, 2.05) is 23.9 Å². The molecular formula is C16H14BrNS. The molecule has 2 aromatic rings. The zero-order chi connectivity index (χ0) is 13.1. The monoisotopic (exact) mass is 331 g/mol. The van der Waals surface area contributed by atoms with E-state index in [2.05, 4.69) is 64.5 Å². The molecule has 0 N–H and O–H groups in total. The Bertz CT molecular complexity index is 568. The van der Waals surface area contributed by atoms with Crippen LogP contribution in [0.1, 0.15) is 16.0 Å². The summed E-state index contributed by atoms with van der Waals surface area (Å²) in [7, 11) is 0. The van der Waals surface area contributed by atoms with Gasteiger partial charge in [0.15, 0.2) is 0 Å². The van der Waals surface area contributed by atoms with E-state index in [0.29, 0.717) is 10.9 Å². The quantitative estimate of drug-likeness (QED) is 0.743. The highest BCUT2D eigenvalue weighted by molar-refractivity contribution is 9.09. The standard InChI is InChI=1S/C16H14BrNS/c17-15(12-7-3-1-4-8-12)14-11-19-16(18-14)13-9-5-2-6-10-13/h1-10,14-15H,11H2/t14-,15-/m1/s1. The fourth-order valence-electron chi connectivity index (χ4n) is 2.14. The molecule has 2 aromatic carbocycles. The number of nitrogens with zero attached hydrogens (tertiary/aromatic N) is 1. The van der Waals surface area contributed by atoms with Gasteiger partial charge in [-0.1, -0.05) is 76.6 Å². The van der Waals surface area contributed by atoms with Crippen LogP contribution in [-0.2, 0) is 0 Å². The molecule has 0 aromatic heterocycles. The Hall–Kier alpha value is -1.06. The Morgan fingerprint density at radius 2 is 1.63 bits per heavy atom. The molecule has 96 valence electrons. The summed E-state index contributed by atoms with van der Waals surface area (Å²) in [5.74, 6) is 1.04. The first-order valence-electron chi connectivity index (χ1n) is 6.29. The molecule has 1 nitrogen and oxygen atoms in total. The third-order valence-electron chi connectivity index (χ3n) is 3.15. The molecule has 2 atom stereocenters. The number of alkyl halides is 1. The van der Waals surface area contributed by atoms with E-state index in [9.17, 15) is 0 Å². The van der Waals surface area contributed by atoms with Crippen molar-refractivity contribution in [3.05, 3.63) is 71.8 Å². The van der Waals surface area contributed by atoms with Crippen molar-refractivity contribution in [3.63, 3.8) is 0 Å². The molecule has 0 saturated carbocycles. The van der Waals surface area contributed by atoms with Crippen LogP contribution >= 0.6 is 27.7 Å². The second-order valence-electron chi connectivity index (χ2n) is 4.49. The smallest absolute Gasteiger partial charge is 0.0982 e.